The van der Waals surface area contributed by atoms with Crippen LogP contribution in [0, 0.1) is 13.8 Å². The van der Waals surface area contributed by atoms with Crippen LogP contribution in [0.1, 0.15) is 23.7 Å². The molecule has 0 bridgehead atoms. The third kappa shape index (κ3) is 4.18. The van der Waals surface area contributed by atoms with Gasteiger partial charge in [0.05, 0.1) is 6.42 Å². The predicted octanol–water partition coefficient (Wildman–Crippen LogP) is 4.02. The van der Waals surface area contributed by atoms with E-state index in [0.29, 0.717) is 11.3 Å². The molecule has 2 heterocycles. The van der Waals surface area contributed by atoms with Crippen LogP contribution in [0.25, 0.3) is 11.1 Å². The van der Waals surface area contributed by atoms with E-state index in [2.05, 4.69) is 20.6 Å². The Hall–Kier alpha value is -3.10. The fourth-order valence-electron chi connectivity index (χ4n) is 2.78. The van der Waals surface area contributed by atoms with Crippen LogP contribution in [-0.4, -0.2) is 32.1 Å². The largest absolute Gasteiger partial charge is 0.411 e. The van der Waals surface area contributed by atoms with Crippen LogP contribution in [0.2, 0.25) is 0 Å². The summed E-state index contributed by atoms with van der Waals surface area (Å²) < 4.78 is 40.7. The minimum Gasteiger partial charge on any atom is -0.309 e. The van der Waals surface area contributed by atoms with E-state index >= 15 is 0 Å². The number of nitrogens with one attached hydrogen (secondary N) is 2. The number of amides is 1. The van der Waals surface area contributed by atoms with Gasteiger partial charge in [-0.2, -0.15) is 23.4 Å². The van der Waals surface area contributed by atoms with Crippen molar-refractivity contribution in [1.82, 2.24) is 20.0 Å². The maximum atomic E-state index is 13.3. The Balaban J connectivity index is 1.81. The van der Waals surface area contributed by atoms with Crippen molar-refractivity contribution in [1.29, 1.82) is 0 Å². The van der Waals surface area contributed by atoms with Gasteiger partial charge < -0.3 is 5.32 Å². The summed E-state index contributed by atoms with van der Waals surface area (Å²) in [6.07, 6.45) is -2.99. The van der Waals surface area contributed by atoms with E-state index in [1.165, 1.54) is 18.5 Å². The van der Waals surface area contributed by atoms with Gasteiger partial charge in [0.2, 0.25) is 5.91 Å². The average molecular weight is 377 g/mol. The predicted molar refractivity (Wildman–Crippen MR) is 94.1 cm³/mol. The standard InChI is InChI=1S/C18H18F3N5O/c1-11-4-6-13(7-5-11)16-12(2)24-25-17(16)23-15(27)10-14(18(19,20)21)26-9-3-8-22-26/h3-9,14H,10H2,1-2H3,(H2,23,24,25,27). The number of aryl methyl sites for hydroxylation is 2. The molecule has 0 aliphatic rings. The highest BCUT2D eigenvalue weighted by atomic mass is 19.4. The zero-order valence-electron chi connectivity index (χ0n) is 14.7. The first-order chi connectivity index (χ1) is 12.8. The molecule has 2 N–H and O–H groups in total. The molecule has 1 aromatic carbocycles. The van der Waals surface area contributed by atoms with Crippen molar-refractivity contribution < 1.29 is 18.0 Å². The van der Waals surface area contributed by atoms with Crippen LogP contribution in [0.15, 0.2) is 42.7 Å². The van der Waals surface area contributed by atoms with Gasteiger partial charge in [0.15, 0.2) is 11.9 Å². The highest BCUT2D eigenvalue weighted by Gasteiger charge is 2.42. The maximum absolute atomic E-state index is 13.3. The Morgan fingerprint density at radius 3 is 2.56 bits per heavy atom. The summed E-state index contributed by atoms with van der Waals surface area (Å²) in [7, 11) is 0. The molecule has 0 saturated heterocycles. The minimum atomic E-state index is -4.61. The van der Waals surface area contributed by atoms with Gasteiger partial charge in [0.25, 0.3) is 0 Å². The van der Waals surface area contributed by atoms with Crippen molar-refractivity contribution in [3.05, 3.63) is 54.0 Å². The number of hydrogen-bond acceptors (Lipinski definition) is 3. The summed E-state index contributed by atoms with van der Waals surface area (Å²) in [6.45, 7) is 3.72. The molecule has 0 fully saturated rings. The van der Waals surface area contributed by atoms with Crippen molar-refractivity contribution in [3.8, 4) is 11.1 Å². The third-order valence-corrected chi connectivity index (χ3v) is 4.15. The lowest BCUT2D eigenvalue weighted by Crippen LogP contribution is -2.31. The zero-order chi connectivity index (χ0) is 19.6. The topological polar surface area (TPSA) is 75.6 Å². The fourth-order valence-corrected chi connectivity index (χ4v) is 2.78. The van der Waals surface area contributed by atoms with Crippen molar-refractivity contribution in [2.75, 3.05) is 5.32 Å². The molecule has 3 aromatic rings. The molecular weight excluding hydrogens is 359 g/mol. The number of benzene rings is 1. The van der Waals surface area contributed by atoms with Crippen LogP contribution in [0.4, 0.5) is 19.0 Å². The number of carbonyl (C=O) groups excluding carboxylic acids is 1. The molecule has 0 radical (unpaired) electrons. The molecular formula is C18H18F3N5O. The molecule has 142 valence electrons. The second-order valence-electron chi connectivity index (χ2n) is 6.23. The van der Waals surface area contributed by atoms with Crippen molar-refractivity contribution >= 4 is 11.7 Å². The monoisotopic (exact) mass is 377 g/mol. The van der Waals surface area contributed by atoms with Gasteiger partial charge in [-0.3, -0.25) is 14.6 Å². The molecule has 0 spiro atoms. The van der Waals surface area contributed by atoms with E-state index in [4.69, 9.17) is 0 Å². The first-order valence-corrected chi connectivity index (χ1v) is 8.23. The lowest BCUT2D eigenvalue weighted by Gasteiger charge is -2.20. The summed E-state index contributed by atoms with van der Waals surface area (Å²) in [6, 6.07) is 6.88. The summed E-state index contributed by atoms with van der Waals surface area (Å²) in [5, 5.41) is 12.9. The molecule has 6 nitrogen and oxygen atoms in total. The van der Waals surface area contributed by atoms with Gasteiger partial charge in [0, 0.05) is 23.7 Å². The van der Waals surface area contributed by atoms with E-state index in [1.54, 1.807) is 6.92 Å². The van der Waals surface area contributed by atoms with Gasteiger partial charge in [-0.25, -0.2) is 0 Å². The second-order valence-corrected chi connectivity index (χ2v) is 6.23. The Morgan fingerprint density at radius 2 is 1.96 bits per heavy atom. The fraction of sp³-hybridized carbons (Fsp3) is 0.278. The van der Waals surface area contributed by atoms with E-state index in [0.717, 1.165) is 15.8 Å². The minimum absolute atomic E-state index is 0.197. The summed E-state index contributed by atoms with van der Waals surface area (Å²) in [5.41, 5.74) is 3.22. The third-order valence-electron chi connectivity index (χ3n) is 4.15. The smallest absolute Gasteiger partial charge is 0.309 e. The lowest BCUT2D eigenvalue weighted by molar-refractivity contribution is -0.174. The summed E-state index contributed by atoms with van der Waals surface area (Å²) >= 11 is 0. The molecule has 1 amide bonds. The van der Waals surface area contributed by atoms with Crippen molar-refractivity contribution in [3.63, 3.8) is 0 Å². The SMILES string of the molecule is Cc1ccc(-c2c(NC(=O)CC(n3cccn3)C(F)(F)F)n[nH]c2C)cc1. The highest BCUT2D eigenvalue weighted by molar-refractivity contribution is 5.94. The van der Waals surface area contributed by atoms with Crippen LogP contribution in [-0.2, 0) is 4.79 Å². The average Bonchev–Trinajstić information content (AvgIpc) is 3.23. The summed E-state index contributed by atoms with van der Waals surface area (Å²) in [5.74, 6) is -0.601. The highest BCUT2D eigenvalue weighted by Crippen LogP contribution is 2.34. The van der Waals surface area contributed by atoms with Gasteiger partial charge in [0.1, 0.15) is 0 Å². The first-order valence-electron chi connectivity index (χ1n) is 8.23. The number of alkyl halides is 3. The number of rotatable bonds is 5. The Bertz CT molecular complexity index is 914. The Labute approximate surface area is 153 Å². The van der Waals surface area contributed by atoms with Crippen molar-refractivity contribution in [2.24, 2.45) is 0 Å². The van der Waals surface area contributed by atoms with Crippen molar-refractivity contribution in [2.45, 2.75) is 32.5 Å². The lowest BCUT2D eigenvalue weighted by atomic mass is 10.0. The number of nitrogens with zero attached hydrogens (tertiary/aromatic N) is 3. The number of aromatic amines is 1. The van der Waals surface area contributed by atoms with Gasteiger partial charge >= 0.3 is 6.18 Å². The first kappa shape index (κ1) is 18.7. The van der Waals surface area contributed by atoms with Crippen LogP contribution >= 0.6 is 0 Å². The van der Waals surface area contributed by atoms with E-state index < -0.39 is 24.5 Å². The van der Waals surface area contributed by atoms with E-state index in [1.807, 2.05) is 31.2 Å². The Morgan fingerprint density at radius 1 is 1.26 bits per heavy atom. The number of anilines is 1. The molecule has 2 aromatic heterocycles. The molecule has 0 aliphatic carbocycles. The molecule has 9 heteroatoms. The maximum Gasteiger partial charge on any atom is 0.411 e. The molecule has 1 unspecified atom stereocenters. The molecule has 3 rings (SSSR count). The van der Waals surface area contributed by atoms with E-state index in [9.17, 15) is 18.0 Å². The molecule has 0 aliphatic heterocycles. The normalized spacial score (nSPS) is 12.8. The Kier molecular flexibility index (Phi) is 5.02. The number of aromatic nitrogens is 4. The number of halogens is 3. The molecule has 27 heavy (non-hydrogen) atoms. The number of carbonyl (C=O) groups is 1. The quantitative estimate of drug-likeness (QED) is 0.705. The zero-order valence-corrected chi connectivity index (χ0v) is 14.7. The number of H-pyrrole nitrogens is 1. The van der Waals surface area contributed by atoms with Crippen LogP contribution < -0.4 is 5.32 Å². The van der Waals surface area contributed by atoms with Crippen LogP contribution in [0.5, 0.6) is 0 Å². The van der Waals surface area contributed by atoms with Crippen LogP contribution in [0.3, 0.4) is 0 Å². The summed E-state index contributed by atoms with van der Waals surface area (Å²) in [4.78, 5) is 12.3. The molecule has 0 saturated carbocycles. The van der Waals surface area contributed by atoms with E-state index in [-0.39, 0.29) is 5.82 Å². The molecule has 1 atom stereocenters. The van der Waals surface area contributed by atoms with Gasteiger partial charge in [-0.1, -0.05) is 29.8 Å². The number of hydrogen-bond donors (Lipinski definition) is 2. The second kappa shape index (κ2) is 7.26. The van der Waals surface area contributed by atoms with Gasteiger partial charge in [-0.05, 0) is 25.5 Å². The van der Waals surface area contributed by atoms with Gasteiger partial charge in [-0.15, -0.1) is 0 Å².